The highest BCUT2D eigenvalue weighted by Crippen LogP contribution is 2.60. The second-order valence-electron chi connectivity index (χ2n) is 9.23. The maximum atomic E-state index is 13.0. The zero-order chi connectivity index (χ0) is 20.7. The summed E-state index contributed by atoms with van der Waals surface area (Å²) in [5.74, 6) is -2.15. The fourth-order valence-corrected chi connectivity index (χ4v) is 4.01. The van der Waals surface area contributed by atoms with Gasteiger partial charge in [0.05, 0.1) is 17.3 Å². The first kappa shape index (κ1) is 22.7. The number of rotatable bonds is 5. The lowest BCUT2D eigenvalue weighted by atomic mass is 10.1. The summed E-state index contributed by atoms with van der Waals surface area (Å²) in [6.45, 7) is 15.3. The lowest BCUT2D eigenvalue weighted by molar-refractivity contribution is -0.149. The van der Waals surface area contributed by atoms with E-state index in [1.807, 2.05) is 13.8 Å². The molecule has 1 saturated carbocycles. The Bertz CT molecular complexity index is 701. The number of ether oxygens (including phenoxy) is 2. The van der Waals surface area contributed by atoms with Gasteiger partial charge in [-0.15, -0.1) is 0 Å². The zero-order valence-corrected chi connectivity index (χ0v) is 18.1. The van der Waals surface area contributed by atoms with Crippen LogP contribution in [0.3, 0.4) is 0 Å². The Morgan fingerprint density at radius 3 is 1.96 bits per heavy atom. The second-order valence-corrected chi connectivity index (χ2v) is 11.9. The molecule has 0 saturated heterocycles. The molecular formula is C19H32O6S. The molecule has 0 amide bonds. The Labute approximate surface area is 157 Å². The first-order chi connectivity index (χ1) is 11.5. The molecule has 0 aliphatic heterocycles. The van der Waals surface area contributed by atoms with E-state index in [9.17, 15) is 18.0 Å². The molecule has 2 atom stereocenters. The molecule has 6 nitrogen and oxygen atoms in total. The maximum Gasteiger partial charge on any atom is 0.349 e. The van der Waals surface area contributed by atoms with Gasteiger partial charge in [0.2, 0.25) is 0 Å². The highest BCUT2D eigenvalue weighted by atomic mass is 32.2. The van der Waals surface area contributed by atoms with Gasteiger partial charge in [-0.3, -0.25) is 4.79 Å². The molecule has 0 heterocycles. The Hall–Kier alpha value is -1.37. The minimum Gasteiger partial charge on any atom is -0.466 e. The zero-order valence-electron chi connectivity index (χ0n) is 17.3. The summed E-state index contributed by atoms with van der Waals surface area (Å²) in [5.41, 5.74) is -1.31. The highest BCUT2D eigenvalue weighted by molar-refractivity contribution is 7.97. The first-order valence-electron chi connectivity index (χ1n) is 8.83. The van der Waals surface area contributed by atoms with Crippen molar-refractivity contribution in [2.75, 3.05) is 6.61 Å². The lowest BCUT2D eigenvalue weighted by Crippen LogP contribution is -2.35. The van der Waals surface area contributed by atoms with Crippen LogP contribution in [0.25, 0.3) is 0 Å². The van der Waals surface area contributed by atoms with Crippen LogP contribution in [0.1, 0.15) is 62.3 Å². The van der Waals surface area contributed by atoms with Crippen molar-refractivity contribution in [1.82, 2.24) is 0 Å². The molecule has 1 fully saturated rings. The van der Waals surface area contributed by atoms with Crippen molar-refractivity contribution in [1.29, 1.82) is 0 Å². The van der Waals surface area contributed by atoms with Gasteiger partial charge >= 0.3 is 11.9 Å². The van der Waals surface area contributed by atoms with Crippen molar-refractivity contribution in [3.63, 3.8) is 0 Å². The van der Waals surface area contributed by atoms with Crippen molar-refractivity contribution in [3.8, 4) is 0 Å². The summed E-state index contributed by atoms with van der Waals surface area (Å²) in [5, 5.41) is 0. The Morgan fingerprint density at radius 2 is 1.58 bits per heavy atom. The van der Waals surface area contributed by atoms with Crippen LogP contribution in [-0.2, 0) is 28.9 Å². The Morgan fingerprint density at radius 1 is 1.08 bits per heavy atom. The van der Waals surface area contributed by atoms with E-state index >= 15 is 0 Å². The van der Waals surface area contributed by atoms with E-state index in [1.165, 1.54) is 26.8 Å². The van der Waals surface area contributed by atoms with Crippen LogP contribution in [0.5, 0.6) is 0 Å². The minimum absolute atomic E-state index is 0.251. The first-order valence-corrected chi connectivity index (χ1v) is 10.3. The van der Waals surface area contributed by atoms with Gasteiger partial charge in [-0.1, -0.05) is 19.9 Å². The normalized spacial score (nSPS) is 23.3. The predicted molar refractivity (Wildman–Crippen MR) is 100.0 cm³/mol. The third kappa shape index (κ3) is 4.67. The van der Waals surface area contributed by atoms with Gasteiger partial charge in [-0.05, 0) is 59.8 Å². The summed E-state index contributed by atoms with van der Waals surface area (Å²) in [4.78, 5) is 24.4. The molecule has 2 unspecified atom stereocenters. The van der Waals surface area contributed by atoms with Crippen LogP contribution in [0.4, 0.5) is 0 Å². The SMILES string of the molecule is CCOC(=O)C1C(/C=C(\C(=O)OC(C)(C)C)S(=O)(=O)C(C)(C)C)C1(C)C. The summed E-state index contributed by atoms with van der Waals surface area (Å²) >= 11 is 0. The highest BCUT2D eigenvalue weighted by Gasteiger charge is 2.62. The van der Waals surface area contributed by atoms with E-state index in [-0.39, 0.29) is 17.5 Å². The van der Waals surface area contributed by atoms with Gasteiger partial charge < -0.3 is 9.47 Å². The molecule has 0 N–H and O–H groups in total. The van der Waals surface area contributed by atoms with Crippen LogP contribution in [0, 0.1) is 17.3 Å². The van der Waals surface area contributed by atoms with Gasteiger partial charge in [0.15, 0.2) is 9.84 Å². The summed E-state index contributed by atoms with van der Waals surface area (Å²) < 4.78 is 35.2. The van der Waals surface area contributed by atoms with Gasteiger partial charge in [-0.25, -0.2) is 13.2 Å². The molecule has 0 aromatic heterocycles. The van der Waals surface area contributed by atoms with E-state index in [4.69, 9.17) is 9.47 Å². The topological polar surface area (TPSA) is 86.7 Å². The summed E-state index contributed by atoms with van der Waals surface area (Å²) in [7, 11) is -3.94. The van der Waals surface area contributed by atoms with Crippen LogP contribution in [0.15, 0.2) is 11.0 Å². The number of sulfone groups is 1. The van der Waals surface area contributed by atoms with E-state index in [1.54, 1.807) is 27.7 Å². The molecule has 150 valence electrons. The van der Waals surface area contributed by atoms with Gasteiger partial charge in [0.1, 0.15) is 10.5 Å². The number of esters is 2. The van der Waals surface area contributed by atoms with Crippen molar-refractivity contribution in [3.05, 3.63) is 11.0 Å². The smallest absolute Gasteiger partial charge is 0.349 e. The molecule has 1 rings (SSSR count). The molecule has 26 heavy (non-hydrogen) atoms. The van der Waals surface area contributed by atoms with Gasteiger partial charge in [-0.2, -0.15) is 0 Å². The van der Waals surface area contributed by atoms with Crippen LogP contribution in [-0.4, -0.2) is 37.3 Å². The largest absolute Gasteiger partial charge is 0.466 e. The van der Waals surface area contributed by atoms with Crippen LogP contribution in [0.2, 0.25) is 0 Å². The molecule has 0 bridgehead atoms. The lowest BCUT2D eigenvalue weighted by Gasteiger charge is -2.24. The fraction of sp³-hybridized carbons (Fsp3) is 0.789. The third-order valence-corrected chi connectivity index (χ3v) is 6.97. The van der Waals surface area contributed by atoms with E-state index in [0.717, 1.165) is 0 Å². The average molecular weight is 389 g/mol. The molecule has 0 radical (unpaired) electrons. The quantitative estimate of drug-likeness (QED) is 0.531. The molecule has 0 aromatic carbocycles. The molecule has 0 aromatic rings. The fourth-order valence-electron chi connectivity index (χ4n) is 2.76. The Balaban J connectivity index is 3.37. The predicted octanol–water partition coefficient (Wildman–Crippen LogP) is 3.26. The average Bonchev–Trinajstić information content (AvgIpc) is 2.93. The second kappa shape index (κ2) is 6.98. The number of allylic oxidation sites excluding steroid dienone is 1. The van der Waals surface area contributed by atoms with E-state index in [0.29, 0.717) is 0 Å². The summed E-state index contributed by atoms with van der Waals surface area (Å²) in [6.07, 6.45) is 1.39. The molecule has 1 aliphatic carbocycles. The van der Waals surface area contributed by atoms with Crippen molar-refractivity contribution >= 4 is 21.8 Å². The number of hydrogen-bond acceptors (Lipinski definition) is 6. The third-order valence-electron chi connectivity index (χ3n) is 4.48. The summed E-state index contributed by atoms with van der Waals surface area (Å²) in [6, 6.07) is 0. The monoisotopic (exact) mass is 388 g/mol. The van der Waals surface area contributed by atoms with Crippen LogP contribution >= 0.6 is 0 Å². The molecule has 1 aliphatic rings. The molecule has 0 spiro atoms. The molecule has 7 heteroatoms. The standard InChI is InChI=1S/C19H32O6S/c1-10-24-16(21)14-12(19(14,8)9)11-13(15(20)25-17(2,3)4)26(22,23)18(5,6)7/h11-12,14H,10H2,1-9H3/b13-11+. The number of hydrogen-bond donors (Lipinski definition) is 0. The molecular weight excluding hydrogens is 356 g/mol. The van der Waals surface area contributed by atoms with Gasteiger partial charge in [0.25, 0.3) is 0 Å². The van der Waals surface area contributed by atoms with E-state index < -0.39 is 43.4 Å². The Kier molecular flexibility index (Phi) is 6.09. The van der Waals surface area contributed by atoms with E-state index in [2.05, 4.69) is 0 Å². The van der Waals surface area contributed by atoms with Crippen LogP contribution < -0.4 is 0 Å². The number of carbonyl (C=O) groups excluding carboxylic acids is 2. The van der Waals surface area contributed by atoms with Crippen molar-refractivity contribution in [2.45, 2.75) is 72.7 Å². The number of carbonyl (C=O) groups is 2. The maximum absolute atomic E-state index is 13.0. The minimum atomic E-state index is -3.94. The van der Waals surface area contributed by atoms with Crippen molar-refractivity contribution in [2.24, 2.45) is 17.3 Å². The van der Waals surface area contributed by atoms with Crippen molar-refractivity contribution < 1.29 is 27.5 Å². The van der Waals surface area contributed by atoms with Gasteiger partial charge in [0, 0.05) is 0 Å².